The van der Waals surface area contributed by atoms with Crippen molar-refractivity contribution in [3.05, 3.63) is 29.3 Å². The summed E-state index contributed by atoms with van der Waals surface area (Å²) in [5.41, 5.74) is -0.161. The van der Waals surface area contributed by atoms with E-state index in [0.29, 0.717) is 17.9 Å². The van der Waals surface area contributed by atoms with Crippen LogP contribution in [0.15, 0.2) is 17.2 Å². The maximum Gasteiger partial charge on any atom is 0.435 e. The molecular formula is C20H27F3N6O3S. The fraction of sp³-hybridized carbons (Fsp3) is 0.650. The molecule has 2 fully saturated rings. The number of carbonyl (C=O) groups excluding carboxylic acids is 1. The lowest BCUT2D eigenvalue weighted by Gasteiger charge is -2.35. The molecule has 0 radical (unpaired) electrons. The number of piperazine rings is 1. The van der Waals surface area contributed by atoms with Gasteiger partial charge in [-0.3, -0.25) is 14.2 Å². The first kappa shape index (κ1) is 23.7. The van der Waals surface area contributed by atoms with Crippen LogP contribution in [0.4, 0.5) is 13.2 Å². The monoisotopic (exact) mass is 488 g/mol. The number of sulfonamides is 1. The van der Waals surface area contributed by atoms with Crippen molar-refractivity contribution in [2.24, 2.45) is 0 Å². The van der Waals surface area contributed by atoms with Gasteiger partial charge in [-0.25, -0.2) is 8.42 Å². The van der Waals surface area contributed by atoms with E-state index in [1.54, 1.807) is 11.6 Å². The normalized spacial score (nSPS) is 19.2. The van der Waals surface area contributed by atoms with Gasteiger partial charge in [0.15, 0.2) is 5.69 Å². The Morgan fingerprint density at radius 3 is 2.33 bits per heavy atom. The Hall–Kier alpha value is -2.41. The Bertz CT molecular complexity index is 1140. The van der Waals surface area contributed by atoms with Crippen LogP contribution in [-0.4, -0.2) is 69.3 Å². The van der Waals surface area contributed by atoms with Crippen molar-refractivity contribution in [3.63, 3.8) is 0 Å². The summed E-state index contributed by atoms with van der Waals surface area (Å²) in [6.07, 6.45) is -1.54. The SMILES string of the molecule is CCn1cc(S(=O)(=O)N2CCN(C(=O)C(C)n3nc(C(F)(F)F)cc3C3CC3)CC2)c(C)n1. The fourth-order valence-electron chi connectivity index (χ4n) is 4.11. The van der Waals surface area contributed by atoms with Crippen molar-refractivity contribution in [1.82, 2.24) is 28.8 Å². The number of carbonyl (C=O) groups is 1. The first-order valence-corrected chi connectivity index (χ1v) is 12.4. The molecule has 2 aromatic rings. The summed E-state index contributed by atoms with van der Waals surface area (Å²) in [5, 5.41) is 7.89. The van der Waals surface area contributed by atoms with Crippen LogP contribution in [0, 0.1) is 6.92 Å². The minimum atomic E-state index is -4.58. The number of hydrogen-bond acceptors (Lipinski definition) is 5. The second-order valence-electron chi connectivity index (χ2n) is 8.51. The molecule has 182 valence electrons. The Morgan fingerprint density at radius 1 is 1.18 bits per heavy atom. The molecule has 33 heavy (non-hydrogen) atoms. The quantitative estimate of drug-likeness (QED) is 0.623. The van der Waals surface area contributed by atoms with Gasteiger partial charge in [0.1, 0.15) is 10.9 Å². The van der Waals surface area contributed by atoms with E-state index >= 15 is 0 Å². The lowest BCUT2D eigenvalue weighted by molar-refractivity contribution is -0.142. The van der Waals surface area contributed by atoms with Gasteiger partial charge in [0.25, 0.3) is 0 Å². The van der Waals surface area contributed by atoms with Crippen LogP contribution in [-0.2, 0) is 27.5 Å². The van der Waals surface area contributed by atoms with Gasteiger partial charge in [-0.1, -0.05) is 0 Å². The van der Waals surface area contributed by atoms with Crippen LogP contribution in [0.3, 0.4) is 0 Å². The van der Waals surface area contributed by atoms with E-state index in [0.717, 1.165) is 18.9 Å². The smallest absolute Gasteiger partial charge is 0.338 e. The van der Waals surface area contributed by atoms with Crippen molar-refractivity contribution in [2.45, 2.75) is 63.2 Å². The number of rotatable bonds is 6. The number of aromatic nitrogens is 4. The third-order valence-electron chi connectivity index (χ3n) is 6.17. The molecule has 1 saturated heterocycles. The van der Waals surface area contributed by atoms with Gasteiger partial charge in [0.2, 0.25) is 15.9 Å². The molecule has 1 aliphatic heterocycles. The number of hydrogen-bond donors (Lipinski definition) is 0. The highest BCUT2D eigenvalue weighted by Crippen LogP contribution is 2.43. The highest BCUT2D eigenvalue weighted by atomic mass is 32.2. The molecule has 2 aliphatic rings. The molecule has 13 heteroatoms. The van der Waals surface area contributed by atoms with Crippen LogP contribution in [0.2, 0.25) is 0 Å². The molecule has 0 bridgehead atoms. The molecule has 1 amide bonds. The second kappa shape index (κ2) is 8.42. The summed E-state index contributed by atoms with van der Waals surface area (Å²) in [6, 6.07) is 0.120. The molecule has 1 atom stereocenters. The predicted octanol–water partition coefficient (Wildman–Crippen LogP) is 2.40. The van der Waals surface area contributed by atoms with Gasteiger partial charge >= 0.3 is 6.18 Å². The largest absolute Gasteiger partial charge is 0.435 e. The van der Waals surface area contributed by atoms with Crippen LogP contribution < -0.4 is 0 Å². The lowest BCUT2D eigenvalue weighted by Crippen LogP contribution is -2.52. The average molecular weight is 489 g/mol. The number of nitrogens with zero attached hydrogens (tertiary/aromatic N) is 6. The van der Waals surface area contributed by atoms with Gasteiger partial charge in [0.05, 0.1) is 5.69 Å². The topological polar surface area (TPSA) is 93.3 Å². The zero-order chi connectivity index (χ0) is 24.1. The third-order valence-corrected chi connectivity index (χ3v) is 8.17. The van der Waals surface area contributed by atoms with Crippen molar-refractivity contribution < 1.29 is 26.4 Å². The number of alkyl halides is 3. The summed E-state index contributed by atoms with van der Waals surface area (Å²) in [5.74, 6) is -0.390. The standard InChI is InChI=1S/C20H27F3N6O3S/c1-4-27-12-17(13(2)24-27)33(31,32)28-9-7-26(8-10-28)19(30)14(3)29-16(15-5-6-15)11-18(25-29)20(21,22)23/h11-12,14-15H,4-10H2,1-3H3. The molecular weight excluding hydrogens is 461 g/mol. The Balaban J connectivity index is 1.46. The van der Waals surface area contributed by atoms with E-state index in [1.807, 2.05) is 6.92 Å². The number of amides is 1. The summed E-state index contributed by atoms with van der Waals surface area (Å²) < 4.78 is 69.7. The molecule has 1 unspecified atom stereocenters. The summed E-state index contributed by atoms with van der Waals surface area (Å²) in [4.78, 5) is 14.7. The van der Waals surface area contributed by atoms with E-state index < -0.39 is 27.9 Å². The van der Waals surface area contributed by atoms with Crippen LogP contribution in [0.1, 0.15) is 55.7 Å². The highest BCUT2D eigenvalue weighted by Gasteiger charge is 2.40. The van der Waals surface area contributed by atoms with E-state index in [1.165, 1.54) is 27.0 Å². The van der Waals surface area contributed by atoms with Crippen molar-refractivity contribution in [2.75, 3.05) is 26.2 Å². The molecule has 0 aromatic carbocycles. The minimum absolute atomic E-state index is 0.0156. The third kappa shape index (κ3) is 4.52. The number of aryl methyl sites for hydroxylation is 2. The maximum absolute atomic E-state index is 13.2. The summed E-state index contributed by atoms with van der Waals surface area (Å²) in [7, 11) is -3.76. The van der Waals surface area contributed by atoms with Crippen molar-refractivity contribution >= 4 is 15.9 Å². The zero-order valence-corrected chi connectivity index (χ0v) is 19.5. The Kier molecular flexibility index (Phi) is 6.06. The van der Waals surface area contributed by atoms with Gasteiger partial charge in [-0.2, -0.15) is 27.7 Å². The second-order valence-corrected chi connectivity index (χ2v) is 10.4. The average Bonchev–Trinajstić information content (AvgIpc) is 3.38. The molecule has 1 aliphatic carbocycles. The van der Waals surface area contributed by atoms with Crippen LogP contribution in [0.25, 0.3) is 0 Å². The van der Waals surface area contributed by atoms with Gasteiger partial charge < -0.3 is 4.90 Å². The number of halogens is 3. The van der Waals surface area contributed by atoms with E-state index in [-0.39, 0.29) is 42.9 Å². The zero-order valence-electron chi connectivity index (χ0n) is 18.7. The van der Waals surface area contributed by atoms with Crippen molar-refractivity contribution in [1.29, 1.82) is 0 Å². The summed E-state index contributed by atoms with van der Waals surface area (Å²) >= 11 is 0. The molecule has 3 heterocycles. The lowest BCUT2D eigenvalue weighted by atomic mass is 10.2. The maximum atomic E-state index is 13.2. The molecule has 2 aromatic heterocycles. The molecule has 0 spiro atoms. The van der Waals surface area contributed by atoms with Crippen molar-refractivity contribution in [3.8, 4) is 0 Å². The highest BCUT2D eigenvalue weighted by molar-refractivity contribution is 7.89. The predicted molar refractivity (Wildman–Crippen MR) is 112 cm³/mol. The van der Waals surface area contributed by atoms with Gasteiger partial charge in [-0.05, 0) is 39.7 Å². The van der Waals surface area contributed by atoms with E-state index in [9.17, 15) is 26.4 Å². The Morgan fingerprint density at radius 2 is 1.82 bits per heavy atom. The molecule has 9 nitrogen and oxygen atoms in total. The Labute approximate surface area is 190 Å². The van der Waals surface area contributed by atoms with Crippen LogP contribution in [0.5, 0.6) is 0 Å². The molecule has 0 N–H and O–H groups in total. The first-order valence-electron chi connectivity index (χ1n) is 10.9. The first-order chi connectivity index (χ1) is 15.4. The van der Waals surface area contributed by atoms with Gasteiger partial charge in [-0.15, -0.1) is 0 Å². The van der Waals surface area contributed by atoms with Gasteiger partial charge in [0, 0.05) is 50.5 Å². The van der Waals surface area contributed by atoms with Crippen LogP contribution >= 0.6 is 0 Å². The fourth-order valence-corrected chi connectivity index (χ4v) is 5.70. The minimum Gasteiger partial charge on any atom is -0.338 e. The van der Waals surface area contributed by atoms with E-state index in [4.69, 9.17) is 0 Å². The summed E-state index contributed by atoms with van der Waals surface area (Å²) in [6.45, 7) is 6.07. The molecule has 1 saturated carbocycles. The van der Waals surface area contributed by atoms with E-state index in [2.05, 4.69) is 10.2 Å². The molecule has 4 rings (SSSR count).